The Morgan fingerprint density at radius 1 is 1.11 bits per heavy atom. The third-order valence-electron chi connectivity index (χ3n) is 2.99. The molecule has 0 unspecified atom stereocenters. The molecule has 0 aliphatic rings. The van der Waals surface area contributed by atoms with E-state index in [4.69, 9.17) is 0 Å². The minimum atomic E-state index is -0.336. The van der Waals surface area contributed by atoms with Crippen molar-refractivity contribution in [1.29, 1.82) is 0 Å². The molecule has 0 aliphatic carbocycles. The fourth-order valence-electron chi connectivity index (χ4n) is 1.91. The van der Waals surface area contributed by atoms with Crippen molar-refractivity contribution in [3.63, 3.8) is 0 Å². The molecule has 0 atom stereocenters. The molecule has 0 radical (unpaired) electrons. The maximum absolute atomic E-state index is 11.2. The van der Waals surface area contributed by atoms with Gasteiger partial charge in [0, 0.05) is 6.08 Å². The molecule has 0 bridgehead atoms. The quantitative estimate of drug-likeness (QED) is 0.470. The number of nitrogens with zero attached hydrogens (tertiary/aromatic N) is 1. The minimum absolute atomic E-state index is 0.120. The Morgan fingerprint density at radius 3 is 2.42 bits per heavy atom. The highest BCUT2D eigenvalue weighted by molar-refractivity contribution is 5.77. The van der Waals surface area contributed by atoms with Crippen LogP contribution >= 0.6 is 0 Å². The van der Waals surface area contributed by atoms with Gasteiger partial charge >= 0.3 is 0 Å². The Morgan fingerprint density at radius 2 is 1.79 bits per heavy atom. The van der Waals surface area contributed by atoms with E-state index >= 15 is 0 Å². The van der Waals surface area contributed by atoms with Gasteiger partial charge in [0.25, 0.3) is 5.70 Å². The molecule has 0 heterocycles. The molecule has 2 aromatic carbocycles. The lowest BCUT2D eigenvalue weighted by molar-refractivity contribution is -0.374. The molecule has 0 saturated heterocycles. The lowest BCUT2D eigenvalue weighted by atomic mass is 10.0. The van der Waals surface area contributed by atoms with Gasteiger partial charge in [-0.1, -0.05) is 42.0 Å². The molecule has 19 heavy (non-hydrogen) atoms. The van der Waals surface area contributed by atoms with Crippen molar-refractivity contribution in [2.75, 3.05) is 0 Å². The van der Waals surface area contributed by atoms with Crippen molar-refractivity contribution in [2.45, 2.75) is 13.8 Å². The summed E-state index contributed by atoms with van der Waals surface area (Å²) in [4.78, 5) is 10.9. The van der Waals surface area contributed by atoms with E-state index in [-0.39, 0.29) is 10.6 Å². The number of aryl methyl sites for hydroxylation is 2. The van der Waals surface area contributed by atoms with Crippen molar-refractivity contribution in [3.05, 3.63) is 80.9 Å². The summed E-state index contributed by atoms with van der Waals surface area (Å²) in [5, 5.41) is 11.2. The Bertz CT molecular complexity index is 630. The summed E-state index contributed by atoms with van der Waals surface area (Å²) in [5.74, 6) is 0. The molecule has 0 saturated carbocycles. The summed E-state index contributed by atoms with van der Waals surface area (Å²) in [6, 6.07) is 14.9. The van der Waals surface area contributed by atoms with Crippen LogP contribution in [-0.2, 0) is 0 Å². The number of rotatable bonds is 3. The van der Waals surface area contributed by atoms with Crippen molar-refractivity contribution >= 4 is 11.8 Å². The zero-order valence-corrected chi connectivity index (χ0v) is 11.0. The Kier molecular flexibility index (Phi) is 3.76. The lowest BCUT2D eigenvalue weighted by Gasteiger charge is -2.03. The van der Waals surface area contributed by atoms with Crippen LogP contribution in [0.15, 0.2) is 48.5 Å². The fraction of sp³-hybridized carbons (Fsp3) is 0.125. The van der Waals surface area contributed by atoms with Gasteiger partial charge in [-0.25, -0.2) is 0 Å². The third kappa shape index (κ3) is 3.07. The van der Waals surface area contributed by atoms with E-state index < -0.39 is 0 Å². The summed E-state index contributed by atoms with van der Waals surface area (Å²) in [5.41, 5.74) is 3.74. The molecular weight excluding hydrogens is 238 g/mol. The van der Waals surface area contributed by atoms with Gasteiger partial charge in [0.15, 0.2) is 0 Å². The summed E-state index contributed by atoms with van der Waals surface area (Å²) in [7, 11) is 0. The second kappa shape index (κ2) is 5.48. The van der Waals surface area contributed by atoms with Crippen LogP contribution in [0.1, 0.15) is 22.3 Å². The van der Waals surface area contributed by atoms with Gasteiger partial charge in [-0.15, -0.1) is 0 Å². The highest BCUT2D eigenvalue weighted by Crippen LogP contribution is 2.21. The maximum atomic E-state index is 11.2. The largest absolute Gasteiger partial charge is 0.277 e. The zero-order valence-electron chi connectivity index (χ0n) is 11.0. The molecule has 0 aromatic heterocycles. The fourth-order valence-corrected chi connectivity index (χ4v) is 1.91. The molecule has 3 heteroatoms. The van der Waals surface area contributed by atoms with Crippen molar-refractivity contribution in [3.8, 4) is 0 Å². The minimum Gasteiger partial charge on any atom is -0.258 e. The van der Waals surface area contributed by atoms with Gasteiger partial charge in [0.2, 0.25) is 0 Å². The van der Waals surface area contributed by atoms with Crippen LogP contribution in [0.4, 0.5) is 0 Å². The SMILES string of the molecule is Cc1ccc(C)c(C=C(c2ccccc2)[N+](=O)[O-])c1. The van der Waals surface area contributed by atoms with Crippen LogP contribution in [0, 0.1) is 24.0 Å². The van der Waals surface area contributed by atoms with E-state index in [1.54, 1.807) is 30.3 Å². The van der Waals surface area contributed by atoms with Gasteiger partial charge in [-0.2, -0.15) is 0 Å². The van der Waals surface area contributed by atoms with E-state index in [2.05, 4.69) is 0 Å². The smallest absolute Gasteiger partial charge is 0.258 e. The molecule has 2 rings (SSSR count). The number of nitro groups is 1. The van der Waals surface area contributed by atoms with Gasteiger partial charge in [-0.3, -0.25) is 10.1 Å². The Balaban J connectivity index is 2.54. The van der Waals surface area contributed by atoms with Crippen LogP contribution in [0.5, 0.6) is 0 Å². The van der Waals surface area contributed by atoms with Gasteiger partial charge in [-0.05, 0) is 37.1 Å². The summed E-state index contributed by atoms with van der Waals surface area (Å²) < 4.78 is 0. The maximum Gasteiger partial charge on any atom is 0.277 e. The van der Waals surface area contributed by atoms with E-state index in [1.807, 2.05) is 38.1 Å². The molecule has 2 aromatic rings. The van der Waals surface area contributed by atoms with Crippen LogP contribution < -0.4 is 0 Å². The number of hydrogen-bond acceptors (Lipinski definition) is 2. The van der Waals surface area contributed by atoms with Crippen molar-refractivity contribution in [1.82, 2.24) is 0 Å². The lowest BCUT2D eigenvalue weighted by Crippen LogP contribution is -1.98. The highest BCUT2D eigenvalue weighted by atomic mass is 16.6. The summed E-state index contributed by atoms with van der Waals surface area (Å²) in [6.07, 6.45) is 1.64. The predicted molar refractivity (Wildman–Crippen MR) is 77.2 cm³/mol. The number of hydrogen-bond donors (Lipinski definition) is 0. The van der Waals surface area contributed by atoms with Crippen LogP contribution in [0.3, 0.4) is 0 Å². The standard InChI is InChI=1S/C16H15NO2/c1-12-8-9-13(2)15(10-12)11-16(17(18)19)14-6-4-3-5-7-14/h3-11H,1-2H3. The van der Waals surface area contributed by atoms with Crippen LogP contribution in [-0.4, -0.2) is 4.92 Å². The Hall–Kier alpha value is -2.42. The molecule has 0 N–H and O–H groups in total. The molecule has 0 aliphatic heterocycles. The molecular formula is C16H15NO2. The van der Waals surface area contributed by atoms with Crippen molar-refractivity contribution in [2.24, 2.45) is 0 Å². The van der Waals surface area contributed by atoms with Gasteiger partial charge in [0.05, 0.1) is 10.5 Å². The molecule has 3 nitrogen and oxygen atoms in total. The summed E-state index contributed by atoms with van der Waals surface area (Å²) >= 11 is 0. The van der Waals surface area contributed by atoms with E-state index in [1.165, 1.54) is 0 Å². The van der Waals surface area contributed by atoms with Crippen LogP contribution in [0.25, 0.3) is 11.8 Å². The molecule has 96 valence electrons. The first-order valence-electron chi connectivity index (χ1n) is 6.06. The average Bonchev–Trinajstić information content (AvgIpc) is 2.40. The first-order valence-corrected chi connectivity index (χ1v) is 6.06. The highest BCUT2D eigenvalue weighted by Gasteiger charge is 2.14. The predicted octanol–water partition coefficient (Wildman–Crippen LogP) is 4.08. The molecule has 0 amide bonds. The van der Waals surface area contributed by atoms with E-state index in [0.717, 1.165) is 16.7 Å². The van der Waals surface area contributed by atoms with Gasteiger partial charge in [0.1, 0.15) is 0 Å². The Labute approximate surface area is 112 Å². The van der Waals surface area contributed by atoms with Gasteiger partial charge < -0.3 is 0 Å². The monoisotopic (exact) mass is 253 g/mol. The first kappa shape index (κ1) is 13.0. The molecule has 0 fully saturated rings. The van der Waals surface area contributed by atoms with E-state index in [9.17, 15) is 10.1 Å². The topological polar surface area (TPSA) is 43.1 Å². The average molecular weight is 253 g/mol. The molecule has 0 spiro atoms. The van der Waals surface area contributed by atoms with Crippen molar-refractivity contribution < 1.29 is 4.92 Å². The van der Waals surface area contributed by atoms with Crippen LogP contribution in [0.2, 0.25) is 0 Å². The second-order valence-electron chi connectivity index (χ2n) is 4.51. The normalized spacial score (nSPS) is 11.4. The number of benzene rings is 2. The van der Waals surface area contributed by atoms with E-state index in [0.29, 0.717) is 5.56 Å². The zero-order chi connectivity index (χ0) is 13.8. The second-order valence-corrected chi connectivity index (χ2v) is 4.51. The summed E-state index contributed by atoms with van der Waals surface area (Å²) in [6.45, 7) is 3.93. The third-order valence-corrected chi connectivity index (χ3v) is 2.99. The first-order chi connectivity index (χ1) is 9.08.